The lowest BCUT2D eigenvalue weighted by atomic mass is 10.1. The highest BCUT2D eigenvalue weighted by Gasteiger charge is 2.20. The fourth-order valence-corrected chi connectivity index (χ4v) is 5.42. The molecule has 0 unspecified atom stereocenters. The second-order valence-electron chi connectivity index (χ2n) is 8.42. The Hall–Kier alpha value is -2.94. The van der Waals surface area contributed by atoms with E-state index in [1.807, 2.05) is 34.9 Å². The van der Waals surface area contributed by atoms with Crippen LogP contribution in [0.15, 0.2) is 48.8 Å². The molecule has 0 bridgehead atoms. The van der Waals surface area contributed by atoms with Crippen LogP contribution < -0.4 is 10.5 Å². The van der Waals surface area contributed by atoms with Crippen molar-refractivity contribution >= 4 is 39.9 Å². The van der Waals surface area contributed by atoms with E-state index in [1.54, 1.807) is 18.5 Å². The molecule has 0 saturated carbocycles. The summed E-state index contributed by atoms with van der Waals surface area (Å²) in [4.78, 5) is 24.3. The molecule has 34 heavy (non-hydrogen) atoms. The Morgan fingerprint density at radius 3 is 2.79 bits per heavy atom. The van der Waals surface area contributed by atoms with Crippen LogP contribution in [-0.2, 0) is 0 Å². The smallest absolute Gasteiger partial charge is 0.261 e. The highest BCUT2D eigenvalue weighted by atomic mass is 35.5. The number of hydrogen-bond donors (Lipinski definition) is 1. The van der Waals surface area contributed by atoms with Gasteiger partial charge in [-0.3, -0.25) is 9.36 Å². The molecule has 176 valence electrons. The first-order chi connectivity index (χ1) is 16.6. The number of imidazole rings is 1. The number of likely N-dealkylation sites (tertiary alicyclic amines) is 1. The molecule has 7 nitrogen and oxygen atoms in total. The fourth-order valence-electron chi connectivity index (χ4n) is 4.30. The van der Waals surface area contributed by atoms with Crippen molar-refractivity contribution in [1.29, 1.82) is 0 Å². The van der Waals surface area contributed by atoms with Gasteiger partial charge >= 0.3 is 0 Å². The number of thiazole rings is 1. The molecule has 1 amide bonds. The molecule has 4 aromatic rings. The number of primary amides is 1. The lowest BCUT2D eigenvalue weighted by Crippen LogP contribution is -2.31. The van der Waals surface area contributed by atoms with Crippen molar-refractivity contribution in [2.75, 3.05) is 26.2 Å². The van der Waals surface area contributed by atoms with Gasteiger partial charge in [0.05, 0.1) is 23.3 Å². The van der Waals surface area contributed by atoms with Crippen molar-refractivity contribution in [3.8, 4) is 22.1 Å². The number of nitrogens with two attached hydrogens (primary N) is 1. The highest BCUT2D eigenvalue weighted by Crippen LogP contribution is 2.33. The minimum atomic E-state index is -0.527. The fraction of sp³-hybridized carbons (Fsp3) is 0.320. The van der Waals surface area contributed by atoms with E-state index in [0.717, 1.165) is 35.3 Å². The van der Waals surface area contributed by atoms with Crippen molar-refractivity contribution in [3.63, 3.8) is 0 Å². The predicted octanol–water partition coefficient (Wildman–Crippen LogP) is 5.16. The Bertz CT molecular complexity index is 1310. The summed E-state index contributed by atoms with van der Waals surface area (Å²) in [5.74, 6) is 0.260. The maximum absolute atomic E-state index is 12.2. The van der Waals surface area contributed by atoms with E-state index in [9.17, 15) is 4.79 Å². The van der Waals surface area contributed by atoms with Crippen molar-refractivity contribution in [2.24, 2.45) is 5.73 Å². The first kappa shape index (κ1) is 22.8. The number of hydrogen-bond acceptors (Lipinski definition) is 6. The lowest BCUT2D eigenvalue weighted by Gasteiger charge is -2.26. The molecule has 0 aliphatic carbocycles. The van der Waals surface area contributed by atoms with E-state index in [-0.39, 0.29) is 0 Å². The molecule has 2 N–H and O–H groups in total. The van der Waals surface area contributed by atoms with E-state index in [1.165, 1.54) is 43.7 Å². The van der Waals surface area contributed by atoms with E-state index in [0.29, 0.717) is 27.3 Å². The molecule has 0 radical (unpaired) electrons. The van der Waals surface area contributed by atoms with Crippen molar-refractivity contribution in [1.82, 2.24) is 19.4 Å². The number of amides is 1. The van der Waals surface area contributed by atoms with E-state index >= 15 is 0 Å². The van der Waals surface area contributed by atoms with Gasteiger partial charge in [-0.25, -0.2) is 9.97 Å². The summed E-state index contributed by atoms with van der Waals surface area (Å²) in [7, 11) is 0. The number of carbonyl (C=O) groups excluding carboxylic acids is 1. The minimum absolute atomic E-state index is 0.379. The molecule has 3 heterocycles. The molecule has 2 aromatic carbocycles. The summed E-state index contributed by atoms with van der Waals surface area (Å²) in [6.45, 7) is 4.13. The van der Waals surface area contributed by atoms with Crippen LogP contribution in [-0.4, -0.2) is 51.6 Å². The molecule has 0 spiro atoms. The molecule has 1 aliphatic rings. The summed E-state index contributed by atoms with van der Waals surface area (Å²) in [5.41, 5.74) is 8.60. The van der Waals surface area contributed by atoms with Crippen LogP contribution in [0, 0.1) is 0 Å². The second-order valence-corrected chi connectivity index (χ2v) is 9.83. The first-order valence-corrected chi connectivity index (χ1v) is 12.7. The van der Waals surface area contributed by atoms with Crippen LogP contribution in [0.3, 0.4) is 0 Å². The van der Waals surface area contributed by atoms with Crippen LogP contribution in [0.4, 0.5) is 0 Å². The topological polar surface area (TPSA) is 86.3 Å². The Morgan fingerprint density at radius 2 is 2.00 bits per heavy atom. The Labute approximate surface area is 207 Å². The zero-order valence-electron chi connectivity index (χ0n) is 18.7. The van der Waals surface area contributed by atoms with Crippen molar-refractivity contribution < 1.29 is 9.53 Å². The number of ether oxygens (including phenoxy) is 1. The van der Waals surface area contributed by atoms with Gasteiger partial charge in [-0.2, -0.15) is 0 Å². The summed E-state index contributed by atoms with van der Waals surface area (Å²) < 4.78 is 7.90. The van der Waals surface area contributed by atoms with Crippen LogP contribution in [0.1, 0.15) is 35.4 Å². The summed E-state index contributed by atoms with van der Waals surface area (Å²) in [5, 5.41) is 1.17. The second kappa shape index (κ2) is 10.1. The maximum atomic E-state index is 12.2. The molecule has 1 aliphatic heterocycles. The quantitative estimate of drug-likeness (QED) is 0.341. The van der Waals surface area contributed by atoms with E-state index < -0.39 is 5.91 Å². The average Bonchev–Trinajstić information content (AvgIpc) is 3.47. The molecular formula is C25H26ClN5O2S. The molecule has 9 heteroatoms. The summed E-state index contributed by atoms with van der Waals surface area (Å²) in [6.07, 6.45) is 6.65. The van der Waals surface area contributed by atoms with Gasteiger partial charge in [0, 0.05) is 23.2 Å². The number of aromatic nitrogens is 3. The van der Waals surface area contributed by atoms with Gasteiger partial charge < -0.3 is 15.4 Å². The third-order valence-corrected chi connectivity index (χ3v) is 7.30. The van der Waals surface area contributed by atoms with Gasteiger partial charge in [0.25, 0.3) is 5.91 Å². The Kier molecular flexibility index (Phi) is 6.80. The van der Waals surface area contributed by atoms with Crippen molar-refractivity contribution in [3.05, 3.63) is 58.7 Å². The molecule has 5 rings (SSSR count). The molecule has 1 saturated heterocycles. The lowest BCUT2D eigenvalue weighted by molar-refractivity contribution is 0.100. The van der Waals surface area contributed by atoms with E-state index in [2.05, 4.69) is 9.88 Å². The number of benzene rings is 2. The Balaban J connectivity index is 1.37. The van der Waals surface area contributed by atoms with Gasteiger partial charge in [-0.1, -0.05) is 41.5 Å². The van der Waals surface area contributed by atoms with Gasteiger partial charge in [0.2, 0.25) is 0 Å². The van der Waals surface area contributed by atoms with Crippen LogP contribution in [0.5, 0.6) is 5.75 Å². The number of rotatable bonds is 8. The van der Waals surface area contributed by atoms with Gasteiger partial charge in [-0.05, 0) is 56.6 Å². The number of carbonyl (C=O) groups is 1. The number of piperidine rings is 1. The molecular weight excluding hydrogens is 470 g/mol. The number of fused-ring (bicyclic) bond motifs is 1. The van der Waals surface area contributed by atoms with Gasteiger partial charge in [0.1, 0.15) is 17.0 Å². The monoisotopic (exact) mass is 495 g/mol. The van der Waals surface area contributed by atoms with Crippen LogP contribution in [0.2, 0.25) is 5.02 Å². The predicted molar refractivity (Wildman–Crippen MR) is 136 cm³/mol. The van der Waals surface area contributed by atoms with Gasteiger partial charge in [-0.15, -0.1) is 0 Å². The Morgan fingerprint density at radius 1 is 1.15 bits per heavy atom. The highest BCUT2D eigenvalue weighted by molar-refractivity contribution is 7.16. The SMILES string of the molecule is NC(=O)c1sc(-n2cnc3ccc(OCCCN4CCCCC4)cc32)nc1-c1cccc(Cl)c1. The standard InChI is InChI=1S/C25H26ClN5O2S/c26-18-7-4-6-17(14-18)22-23(24(27)32)34-25(29-22)31-16-28-20-9-8-19(15-21(20)31)33-13-5-12-30-10-2-1-3-11-30/h4,6-9,14-16H,1-3,5,10-13H2,(H2,27,32). The van der Waals surface area contributed by atoms with Crippen LogP contribution >= 0.6 is 22.9 Å². The third kappa shape index (κ3) is 4.94. The number of halogens is 1. The van der Waals surface area contributed by atoms with Crippen molar-refractivity contribution in [2.45, 2.75) is 25.7 Å². The normalized spacial score (nSPS) is 14.5. The zero-order valence-corrected chi connectivity index (χ0v) is 20.3. The summed E-state index contributed by atoms with van der Waals surface area (Å²) in [6, 6.07) is 13.1. The third-order valence-electron chi connectivity index (χ3n) is 6.00. The van der Waals surface area contributed by atoms with Gasteiger partial charge in [0.15, 0.2) is 5.13 Å². The summed E-state index contributed by atoms with van der Waals surface area (Å²) >= 11 is 7.38. The largest absolute Gasteiger partial charge is 0.493 e. The van der Waals surface area contributed by atoms with E-state index in [4.69, 9.17) is 27.1 Å². The minimum Gasteiger partial charge on any atom is -0.493 e. The van der Waals surface area contributed by atoms with Crippen LogP contribution in [0.25, 0.3) is 27.4 Å². The number of nitrogens with zero attached hydrogens (tertiary/aromatic N) is 4. The zero-order chi connectivity index (χ0) is 23.5. The molecule has 0 atom stereocenters. The molecule has 2 aromatic heterocycles. The average molecular weight is 496 g/mol. The maximum Gasteiger partial charge on any atom is 0.261 e. The first-order valence-electron chi connectivity index (χ1n) is 11.5. The molecule has 1 fully saturated rings.